The van der Waals surface area contributed by atoms with Crippen molar-refractivity contribution in [2.75, 3.05) is 35.8 Å². The zero-order valence-electron chi connectivity index (χ0n) is 16.2. The molecule has 5 nitrogen and oxygen atoms in total. The number of hydrogen-bond donors (Lipinski definition) is 1. The van der Waals surface area contributed by atoms with Gasteiger partial charge < -0.3 is 15.1 Å². The van der Waals surface area contributed by atoms with Gasteiger partial charge in [0.1, 0.15) is 5.82 Å². The molecule has 4 rings (SSSR count). The maximum absolute atomic E-state index is 13.2. The topological polar surface area (TPSA) is 48.5 Å². The molecule has 1 aliphatic heterocycles. The highest BCUT2D eigenvalue weighted by molar-refractivity contribution is 6.07. The average molecular weight is 372 g/mol. The van der Waals surface area contributed by atoms with Gasteiger partial charge in [-0.25, -0.2) is 4.98 Å². The summed E-state index contributed by atoms with van der Waals surface area (Å²) in [7, 11) is 4.02. The molecule has 0 saturated carbocycles. The van der Waals surface area contributed by atoms with E-state index in [-0.39, 0.29) is 5.91 Å². The summed E-state index contributed by atoms with van der Waals surface area (Å²) in [4.78, 5) is 21.5. The van der Waals surface area contributed by atoms with E-state index in [1.54, 1.807) is 12.3 Å². The van der Waals surface area contributed by atoms with E-state index in [9.17, 15) is 4.79 Å². The van der Waals surface area contributed by atoms with Gasteiger partial charge in [0.15, 0.2) is 0 Å². The molecule has 5 heteroatoms. The molecule has 0 spiro atoms. The lowest BCUT2D eigenvalue weighted by molar-refractivity contribution is 0.0985. The quantitative estimate of drug-likeness (QED) is 0.733. The fourth-order valence-electron chi connectivity index (χ4n) is 3.52. The van der Waals surface area contributed by atoms with Crippen molar-refractivity contribution < 1.29 is 4.79 Å². The first kappa shape index (κ1) is 18.0. The van der Waals surface area contributed by atoms with Crippen LogP contribution in [0.15, 0.2) is 66.9 Å². The monoisotopic (exact) mass is 372 g/mol. The molecule has 0 fully saturated rings. The van der Waals surface area contributed by atoms with Crippen molar-refractivity contribution in [3.05, 3.63) is 78.0 Å². The lowest BCUT2D eigenvalue weighted by Gasteiger charge is -2.29. The number of anilines is 4. The molecule has 28 heavy (non-hydrogen) atoms. The van der Waals surface area contributed by atoms with Gasteiger partial charge in [0, 0.05) is 49.5 Å². The molecule has 0 saturated heterocycles. The molecule has 2 heterocycles. The number of amides is 1. The number of pyridine rings is 1. The summed E-state index contributed by atoms with van der Waals surface area (Å²) in [6.45, 7) is 0.743. The Hall–Kier alpha value is -3.34. The van der Waals surface area contributed by atoms with Crippen molar-refractivity contribution in [1.29, 1.82) is 0 Å². The van der Waals surface area contributed by atoms with Gasteiger partial charge in [-0.1, -0.05) is 18.2 Å². The van der Waals surface area contributed by atoms with E-state index < -0.39 is 0 Å². The number of carbonyl (C=O) groups is 1. The van der Waals surface area contributed by atoms with Crippen LogP contribution >= 0.6 is 0 Å². The zero-order chi connectivity index (χ0) is 19.5. The van der Waals surface area contributed by atoms with Gasteiger partial charge in [0.2, 0.25) is 0 Å². The standard InChI is InChI=1S/C23H24N4O/c1-26(2)20-11-9-19(10-12-20)25-22-16-18(13-14-24-22)23(28)27-15-5-7-17-6-3-4-8-21(17)27/h3-4,6,8-14,16H,5,7,15H2,1-2H3,(H,24,25). The Bertz CT molecular complexity index is 982. The largest absolute Gasteiger partial charge is 0.378 e. The van der Waals surface area contributed by atoms with Crippen LogP contribution in [0.3, 0.4) is 0 Å². The first-order valence-corrected chi connectivity index (χ1v) is 9.52. The lowest BCUT2D eigenvalue weighted by Crippen LogP contribution is -2.35. The number of aryl methyl sites for hydroxylation is 1. The van der Waals surface area contributed by atoms with E-state index in [0.29, 0.717) is 11.4 Å². The lowest BCUT2D eigenvalue weighted by atomic mass is 10.0. The fourth-order valence-corrected chi connectivity index (χ4v) is 3.52. The average Bonchev–Trinajstić information content (AvgIpc) is 2.73. The van der Waals surface area contributed by atoms with Gasteiger partial charge in [-0.15, -0.1) is 0 Å². The molecule has 1 aliphatic rings. The van der Waals surface area contributed by atoms with Crippen LogP contribution in [0.1, 0.15) is 22.3 Å². The fraction of sp³-hybridized carbons (Fsp3) is 0.217. The van der Waals surface area contributed by atoms with Gasteiger partial charge in [-0.3, -0.25) is 4.79 Å². The maximum Gasteiger partial charge on any atom is 0.258 e. The van der Waals surface area contributed by atoms with Crippen molar-refractivity contribution in [3.8, 4) is 0 Å². The molecular formula is C23H24N4O. The number of nitrogens with one attached hydrogen (secondary N) is 1. The highest BCUT2D eigenvalue weighted by Gasteiger charge is 2.23. The molecule has 3 aromatic rings. The summed E-state index contributed by atoms with van der Waals surface area (Å²) in [5.41, 5.74) is 4.95. The van der Waals surface area contributed by atoms with Crippen LogP contribution in [0.4, 0.5) is 22.9 Å². The summed E-state index contributed by atoms with van der Waals surface area (Å²) in [6.07, 6.45) is 3.68. The van der Waals surface area contributed by atoms with Gasteiger partial charge in [-0.2, -0.15) is 0 Å². The number of aromatic nitrogens is 1. The molecule has 0 aliphatic carbocycles. The summed E-state index contributed by atoms with van der Waals surface area (Å²) in [5, 5.41) is 3.29. The second-order valence-electron chi connectivity index (χ2n) is 7.19. The minimum Gasteiger partial charge on any atom is -0.378 e. The molecule has 0 unspecified atom stereocenters. The van der Waals surface area contributed by atoms with Crippen LogP contribution in [-0.4, -0.2) is 31.5 Å². The minimum atomic E-state index is 0.0144. The number of fused-ring (bicyclic) bond motifs is 1. The minimum absolute atomic E-state index is 0.0144. The Labute approximate surface area is 165 Å². The Morgan fingerprint density at radius 1 is 1.07 bits per heavy atom. The third kappa shape index (κ3) is 3.69. The predicted octanol–water partition coefficient (Wildman–Crippen LogP) is 4.48. The molecule has 1 aromatic heterocycles. The third-order valence-corrected chi connectivity index (χ3v) is 5.02. The van der Waals surface area contributed by atoms with E-state index in [4.69, 9.17) is 0 Å². The van der Waals surface area contributed by atoms with Gasteiger partial charge >= 0.3 is 0 Å². The summed E-state index contributed by atoms with van der Waals surface area (Å²) in [6, 6.07) is 19.8. The van der Waals surface area contributed by atoms with E-state index in [1.807, 2.05) is 67.5 Å². The van der Waals surface area contributed by atoms with Gasteiger partial charge in [-0.05, 0) is 60.9 Å². The van der Waals surface area contributed by atoms with Crippen LogP contribution in [0, 0.1) is 0 Å². The Morgan fingerprint density at radius 3 is 2.64 bits per heavy atom. The van der Waals surface area contributed by atoms with Crippen LogP contribution in [-0.2, 0) is 6.42 Å². The van der Waals surface area contributed by atoms with Crippen molar-refractivity contribution in [2.24, 2.45) is 0 Å². The van der Waals surface area contributed by atoms with Crippen LogP contribution in [0.25, 0.3) is 0 Å². The van der Waals surface area contributed by atoms with E-state index in [1.165, 1.54) is 5.56 Å². The molecule has 0 atom stereocenters. The van der Waals surface area contributed by atoms with Gasteiger partial charge in [0.05, 0.1) is 0 Å². The summed E-state index contributed by atoms with van der Waals surface area (Å²) < 4.78 is 0. The Morgan fingerprint density at radius 2 is 1.86 bits per heavy atom. The molecular weight excluding hydrogens is 348 g/mol. The van der Waals surface area contributed by atoms with E-state index in [0.717, 1.165) is 36.4 Å². The van der Waals surface area contributed by atoms with Gasteiger partial charge in [0.25, 0.3) is 5.91 Å². The van der Waals surface area contributed by atoms with Crippen molar-refractivity contribution in [3.63, 3.8) is 0 Å². The third-order valence-electron chi connectivity index (χ3n) is 5.02. The second-order valence-corrected chi connectivity index (χ2v) is 7.19. The summed E-state index contributed by atoms with van der Waals surface area (Å²) >= 11 is 0. The number of nitrogens with zero attached hydrogens (tertiary/aromatic N) is 3. The number of benzene rings is 2. The summed E-state index contributed by atoms with van der Waals surface area (Å²) in [5.74, 6) is 0.675. The smallest absolute Gasteiger partial charge is 0.258 e. The second kappa shape index (κ2) is 7.72. The molecule has 0 bridgehead atoms. The highest BCUT2D eigenvalue weighted by Crippen LogP contribution is 2.28. The normalized spacial score (nSPS) is 13.0. The molecule has 1 amide bonds. The SMILES string of the molecule is CN(C)c1ccc(Nc2cc(C(=O)N3CCCc4ccccc43)ccn2)cc1. The number of carbonyl (C=O) groups excluding carboxylic acids is 1. The van der Waals surface area contributed by atoms with E-state index in [2.05, 4.69) is 21.3 Å². The zero-order valence-corrected chi connectivity index (χ0v) is 16.2. The highest BCUT2D eigenvalue weighted by atomic mass is 16.2. The number of hydrogen-bond acceptors (Lipinski definition) is 4. The van der Waals surface area contributed by atoms with Crippen LogP contribution < -0.4 is 15.1 Å². The number of para-hydroxylation sites is 1. The molecule has 142 valence electrons. The maximum atomic E-state index is 13.2. The van der Waals surface area contributed by atoms with E-state index >= 15 is 0 Å². The van der Waals surface area contributed by atoms with Crippen LogP contribution in [0.2, 0.25) is 0 Å². The first-order chi connectivity index (χ1) is 13.6. The van der Waals surface area contributed by atoms with Crippen LogP contribution in [0.5, 0.6) is 0 Å². The Balaban J connectivity index is 1.55. The number of rotatable bonds is 4. The van der Waals surface area contributed by atoms with Crippen molar-refractivity contribution in [2.45, 2.75) is 12.8 Å². The van der Waals surface area contributed by atoms with Crippen molar-refractivity contribution >= 4 is 28.8 Å². The molecule has 0 radical (unpaired) electrons. The molecule has 1 N–H and O–H groups in total. The van der Waals surface area contributed by atoms with Crippen molar-refractivity contribution in [1.82, 2.24) is 4.98 Å². The molecule has 2 aromatic carbocycles. The predicted molar refractivity (Wildman–Crippen MR) is 115 cm³/mol. The Kier molecular flexibility index (Phi) is 4.98. The first-order valence-electron chi connectivity index (χ1n) is 9.52.